The van der Waals surface area contributed by atoms with Crippen LogP contribution in [0.2, 0.25) is 0 Å². The van der Waals surface area contributed by atoms with Crippen LogP contribution in [0, 0.1) is 0 Å². The van der Waals surface area contributed by atoms with Crippen LogP contribution in [0.4, 0.5) is 0 Å². The summed E-state index contributed by atoms with van der Waals surface area (Å²) in [5.74, 6) is -1.32. The van der Waals surface area contributed by atoms with Crippen LogP contribution < -0.4 is 11.1 Å². The first kappa shape index (κ1) is 17.0. The summed E-state index contributed by atoms with van der Waals surface area (Å²) in [6.07, 6.45) is 4.62. The molecule has 0 aromatic heterocycles. The maximum Gasteiger partial charge on any atom is 0.254 e. The summed E-state index contributed by atoms with van der Waals surface area (Å²) in [5.41, 5.74) is 5.49. The van der Waals surface area contributed by atoms with E-state index in [0.29, 0.717) is 32.2 Å². The lowest BCUT2D eigenvalue weighted by atomic mass is 10.1. The highest BCUT2D eigenvalue weighted by Crippen LogP contribution is 2.09. The van der Waals surface area contributed by atoms with Gasteiger partial charge in [0.15, 0.2) is 0 Å². The van der Waals surface area contributed by atoms with Crippen molar-refractivity contribution in [1.29, 1.82) is 0 Å². The van der Waals surface area contributed by atoms with Gasteiger partial charge in [0, 0.05) is 38.1 Å². The Balaban J connectivity index is 2.37. The molecule has 1 atom stereocenters. The molecule has 1 aliphatic heterocycles. The zero-order valence-corrected chi connectivity index (χ0v) is 12.1. The Labute approximate surface area is 123 Å². The topological polar surface area (TPSA) is 110 Å². The second kappa shape index (κ2) is 8.31. The third kappa shape index (κ3) is 4.78. The number of rotatable bonds is 9. The molecule has 0 fully saturated rings. The first-order chi connectivity index (χ1) is 10.0. The fourth-order valence-corrected chi connectivity index (χ4v) is 2.00. The Hall–Kier alpha value is -2.02. The summed E-state index contributed by atoms with van der Waals surface area (Å²) < 4.78 is 0. The molecule has 116 valence electrons. The number of hydrogen-bond acceptors (Lipinski definition) is 5. The van der Waals surface area contributed by atoms with E-state index in [4.69, 9.17) is 5.73 Å². The quantitative estimate of drug-likeness (QED) is 0.440. The van der Waals surface area contributed by atoms with Crippen molar-refractivity contribution in [2.24, 2.45) is 5.73 Å². The van der Waals surface area contributed by atoms with Crippen LogP contribution in [-0.4, -0.2) is 47.5 Å². The zero-order valence-electron chi connectivity index (χ0n) is 12.1. The van der Waals surface area contributed by atoms with E-state index in [1.165, 1.54) is 0 Å². The molecule has 0 aromatic rings. The van der Waals surface area contributed by atoms with Gasteiger partial charge in [-0.05, 0) is 12.8 Å². The van der Waals surface area contributed by atoms with Gasteiger partial charge in [-0.3, -0.25) is 24.1 Å². The van der Waals surface area contributed by atoms with E-state index in [-0.39, 0.29) is 12.3 Å². The number of nitrogens with two attached hydrogens (primary N) is 1. The predicted molar refractivity (Wildman–Crippen MR) is 76.0 cm³/mol. The number of carbonyl (C=O) groups is 4. The highest BCUT2D eigenvalue weighted by molar-refractivity contribution is 6.15. The number of amides is 3. The lowest BCUT2D eigenvalue weighted by molar-refractivity contribution is -0.145. The number of carbonyl (C=O) groups excluding carboxylic acids is 4. The van der Waals surface area contributed by atoms with Gasteiger partial charge in [0.2, 0.25) is 5.91 Å². The molecule has 0 spiro atoms. The molecule has 1 unspecified atom stereocenters. The van der Waals surface area contributed by atoms with Crippen molar-refractivity contribution in [2.75, 3.05) is 13.1 Å². The third-order valence-corrected chi connectivity index (χ3v) is 3.26. The maximum atomic E-state index is 12.0. The lowest BCUT2D eigenvalue weighted by Gasteiger charge is -2.23. The summed E-state index contributed by atoms with van der Waals surface area (Å²) >= 11 is 0. The molecule has 0 bridgehead atoms. The van der Waals surface area contributed by atoms with Gasteiger partial charge in [-0.15, -0.1) is 0 Å². The number of Topliss-reactive ketones (excluding diaryl/α,β-unsaturated/α-hetero) is 1. The van der Waals surface area contributed by atoms with Crippen molar-refractivity contribution in [3.05, 3.63) is 12.2 Å². The molecule has 3 amide bonds. The van der Waals surface area contributed by atoms with Gasteiger partial charge in [0.25, 0.3) is 11.8 Å². The highest BCUT2D eigenvalue weighted by atomic mass is 16.2. The summed E-state index contributed by atoms with van der Waals surface area (Å²) in [7, 11) is 0. The number of ketones is 1. The van der Waals surface area contributed by atoms with Gasteiger partial charge in [0.1, 0.15) is 11.8 Å². The van der Waals surface area contributed by atoms with Crippen LogP contribution in [0.3, 0.4) is 0 Å². The molecule has 0 radical (unpaired) electrons. The molecule has 1 rings (SSSR count). The van der Waals surface area contributed by atoms with Gasteiger partial charge in [-0.25, -0.2) is 0 Å². The molecule has 0 aromatic carbocycles. The van der Waals surface area contributed by atoms with E-state index in [9.17, 15) is 19.2 Å². The SMILES string of the molecule is CCC(=O)CCCCNC(=O)C(CN)N1C(=O)C=CC1=O. The number of imide groups is 1. The molecule has 7 heteroatoms. The van der Waals surface area contributed by atoms with Crippen LogP contribution in [0.5, 0.6) is 0 Å². The van der Waals surface area contributed by atoms with Crippen molar-refractivity contribution in [3.63, 3.8) is 0 Å². The molecule has 1 aliphatic rings. The van der Waals surface area contributed by atoms with E-state index >= 15 is 0 Å². The fourth-order valence-electron chi connectivity index (χ4n) is 2.00. The zero-order chi connectivity index (χ0) is 15.8. The Morgan fingerprint density at radius 1 is 1.24 bits per heavy atom. The molecular weight excluding hydrogens is 274 g/mol. The van der Waals surface area contributed by atoms with Crippen molar-refractivity contribution in [1.82, 2.24) is 10.2 Å². The maximum absolute atomic E-state index is 12.0. The highest BCUT2D eigenvalue weighted by Gasteiger charge is 2.34. The summed E-state index contributed by atoms with van der Waals surface area (Å²) in [6.45, 7) is 2.07. The van der Waals surface area contributed by atoms with E-state index in [1.807, 2.05) is 6.92 Å². The predicted octanol–water partition coefficient (Wildman–Crippen LogP) is -0.496. The molecular formula is C14H21N3O4. The Bertz CT molecular complexity index is 441. The fraction of sp³-hybridized carbons (Fsp3) is 0.571. The summed E-state index contributed by atoms with van der Waals surface area (Å²) in [4.78, 5) is 47.0. The number of nitrogens with zero attached hydrogens (tertiary/aromatic N) is 1. The van der Waals surface area contributed by atoms with E-state index in [2.05, 4.69) is 5.32 Å². The molecule has 0 saturated heterocycles. The van der Waals surface area contributed by atoms with Gasteiger partial charge in [0.05, 0.1) is 0 Å². The normalized spacial score (nSPS) is 15.4. The number of unbranched alkanes of at least 4 members (excludes halogenated alkanes) is 1. The van der Waals surface area contributed by atoms with E-state index in [1.54, 1.807) is 0 Å². The van der Waals surface area contributed by atoms with Crippen molar-refractivity contribution >= 4 is 23.5 Å². The molecule has 21 heavy (non-hydrogen) atoms. The van der Waals surface area contributed by atoms with E-state index in [0.717, 1.165) is 17.1 Å². The minimum Gasteiger partial charge on any atom is -0.354 e. The molecule has 1 heterocycles. The Morgan fingerprint density at radius 2 is 1.86 bits per heavy atom. The largest absolute Gasteiger partial charge is 0.354 e. The minimum atomic E-state index is -0.989. The third-order valence-electron chi connectivity index (χ3n) is 3.26. The lowest BCUT2D eigenvalue weighted by Crippen LogP contribution is -2.53. The molecule has 7 nitrogen and oxygen atoms in total. The first-order valence-corrected chi connectivity index (χ1v) is 7.06. The first-order valence-electron chi connectivity index (χ1n) is 7.06. The second-order valence-corrected chi connectivity index (χ2v) is 4.77. The average molecular weight is 295 g/mol. The van der Waals surface area contributed by atoms with Crippen LogP contribution in [0.1, 0.15) is 32.6 Å². The number of nitrogens with one attached hydrogen (secondary N) is 1. The molecule has 3 N–H and O–H groups in total. The monoisotopic (exact) mass is 295 g/mol. The van der Waals surface area contributed by atoms with E-state index < -0.39 is 23.8 Å². The van der Waals surface area contributed by atoms with Crippen molar-refractivity contribution in [3.8, 4) is 0 Å². The van der Waals surface area contributed by atoms with Crippen molar-refractivity contribution < 1.29 is 19.2 Å². The number of hydrogen-bond donors (Lipinski definition) is 2. The Kier molecular flexibility index (Phi) is 6.74. The van der Waals surface area contributed by atoms with Gasteiger partial charge < -0.3 is 11.1 Å². The minimum absolute atomic E-state index is 0.126. The molecule has 0 saturated carbocycles. The standard InChI is InChI=1S/C14H21N3O4/c1-2-10(18)5-3-4-8-16-14(21)11(9-15)17-12(19)6-7-13(17)20/h6-7,11H,2-5,8-9,15H2,1H3,(H,16,21). The summed E-state index contributed by atoms with van der Waals surface area (Å²) in [5, 5.41) is 2.64. The van der Waals surface area contributed by atoms with Crippen LogP contribution in [-0.2, 0) is 19.2 Å². The van der Waals surface area contributed by atoms with Crippen molar-refractivity contribution in [2.45, 2.75) is 38.6 Å². The second-order valence-electron chi connectivity index (χ2n) is 4.77. The van der Waals surface area contributed by atoms with Gasteiger partial charge in [-0.1, -0.05) is 6.92 Å². The Morgan fingerprint density at radius 3 is 2.38 bits per heavy atom. The average Bonchev–Trinajstić information content (AvgIpc) is 2.79. The van der Waals surface area contributed by atoms with Crippen LogP contribution in [0.25, 0.3) is 0 Å². The van der Waals surface area contributed by atoms with Gasteiger partial charge >= 0.3 is 0 Å². The smallest absolute Gasteiger partial charge is 0.254 e. The van der Waals surface area contributed by atoms with Crippen LogP contribution in [0.15, 0.2) is 12.2 Å². The summed E-state index contributed by atoms with van der Waals surface area (Å²) in [6, 6.07) is -0.989. The van der Waals surface area contributed by atoms with Gasteiger partial charge in [-0.2, -0.15) is 0 Å². The van der Waals surface area contributed by atoms with Crippen LogP contribution >= 0.6 is 0 Å². The molecule has 0 aliphatic carbocycles.